The topological polar surface area (TPSA) is 111 Å². The van der Waals surface area contributed by atoms with Gasteiger partial charge in [-0.1, -0.05) is 6.07 Å². The Labute approximate surface area is 166 Å². The molecule has 0 unspecified atom stereocenters. The van der Waals surface area contributed by atoms with Gasteiger partial charge in [0, 0.05) is 36.1 Å². The molecular weight excluding hydrogens is 393 g/mol. The fraction of sp³-hybridized carbons (Fsp3) is 0.0500. The van der Waals surface area contributed by atoms with Crippen LogP contribution in [-0.2, 0) is 9.84 Å². The first kappa shape index (κ1) is 18.8. The molecule has 0 atom stereocenters. The highest BCUT2D eigenvalue weighted by Gasteiger charge is 2.15. The van der Waals surface area contributed by atoms with Crippen LogP contribution in [0.3, 0.4) is 0 Å². The molecule has 0 radical (unpaired) electrons. The summed E-state index contributed by atoms with van der Waals surface area (Å²) in [5, 5.41) is 3.08. The maximum Gasteiger partial charge on any atom is 0.177 e. The molecule has 9 heteroatoms. The van der Waals surface area contributed by atoms with Crippen LogP contribution in [0.1, 0.15) is 0 Å². The lowest BCUT2D eigenvalue weighted by atomic mass is 10.0. The van der Waals surface area contributed by atoms with Gasteiger partial charge in [-0.2, -0.15) is 0 Å². The lowest BCUT2D eigenvalue weighted by Gasteiger charge is -2.13. The molecule has 0 bridgehead atoms. The van der Waals surface area contributed by atoms with Gasteiger partial charge in [0.25, 0.3) is 0 Å². The SMILES string of the molecule is CS(=O)(=O)c1ccncc1Nc1cc(-c2ccc(N)c(F)c2)c2nccnc2c1. The number of sulfone groups is 1. The Morgan fingerprint density at radius 3 is 2.59 bits per heavy atom. The van der Waals surface area contributed by atoms with E-state index in [4.69, 9.17) is 5.73 Å². The van der Waals surface area contributed by atoms with Gasteiger partial charge in [-0.15, -0.1) is 0 Å². The van der Waals surface area contributed by atoms with E-state index in [0.29, 0.717) is 33.5 Å². The minimum Gasteiger partial charge on any atom is -0.396 e. The molecule has 0 spiro atoms. The van der Waals surface area contributed by atoms with Gasteiger partial charge in [-0.25, -0.2) is 12.8 Å². The monoisotopic (exact) mass is 409 g/mol. The van der Waals surface area contributed by atoms with Gasteiger partial charge in [0.15, 0.2) is 9.84 Å². The Morgan fingerprint density at radius 1 is 1.03 bits per heavy atom. The number of halogens is 1. The molecule has 0 aliphatic rings. The van der Waals surface area contributed by atoms with Crippen LogP contribution in [0, 0.1) is 5.82 Å². The van der Waals surface area contributed by atoms with Crippen molar-refractivity contribution in [3.05, 3.63) is 67.0 Å². The van der Waals surface area contributed by atoms with Crippen molar-refractivity contribution in [3.63, 3.8) is 0 Å². The summed E-state index contributed by atoms with van der Waals surface area (Å²) in [7, 11) is -3.46. The number of anilines is 3. The summed E-state index contributed by atoms with van der Waals surface area (Å²) in [5.74, 6) is -0.537. The van der Waals surface area contributed by atoms with Crippen molar-refractivity contribution in [2.75, 3.05) is 17.3 Å². The van der Waals surface area contributed by atoms with Crippen LogP contribution >= 0.6 is 0 Å². The Hall–Kier alpha value is -3.59. The molecule has 146 valence electrons. The highest BCUT2D eigenvalue weighted by atomic mass is 32.2. The van der Waals surface area contributed by atoms with E-state index < -0.39 is 15.7 Å². The van der Waals surface area contributed by atoms with Crippen molar-refractivity contribution in [1.82, 2.24) is 15.0 Å². The summed E-state index contributed by atoms with van der Waals surface area (Å²) in [4.78, 5) is 12.8. The van der Waals surface area contributed by atoms with Crippen molar-refractivity contribution < 1.29 is 12.8 Å². The molecule has 29 heavy (non-hydrogen) atoms. The minimum atomic E-state index is -3.46. The van der Waals surface area contributed by atoms with Gasteiger partial charge in [-0.05, 0) is 35.9 Å². The van der Waals surface area contributed by atoms with Crippen molar-refractivity contribution in [1.29, 1.82) is 0 Å². The van der Waals surface area contributed by atoms with E-state index in [0.717, 1.165) is 6.26 Å². The maximum absolute atomic E-state index is 14.0. The minimum absolute atomic E-state index is 0.0478. The Morgan fingerprint density at radius 2 is 1.83 bits per heavy atom. The van der Waals surface area contributed by atoms with Crippen LogP contribution < -0.4 is 11.1 Å². The average molecular weight is 409 g/mol. The number of fused-ring (bicyclic) bond motifs is 1. The number of aromatic nitrogens is 3. The van der Waals surface area contributed by atoms with E-state index in [1.165, 1.54) is 30.6 Å². The maximum atomic E-state index is 14.0. The number of nitrogens with zero attached hydrogens (tertiary/aromatic N) is 3. The van der Waals surface area contributed by atoms with E-state index >= 15 is 0 Å². The van der Waals surface area contributed by atoms with Crippen molar-refractivity contribution >= 4 is 37.9 Å². The molecule has 2 aromatic carbocycles. The highest BCUT2D eigenvalue weighted by molar-refractivity contribution is 7.90. The van der Waals surface area contributed by atoms with Gasteiger partial charge >= 0.3 is 0 Å². The molecule has 0 aliphatic heterocycles. The Balaban J connectivity index is 1.89. The zero-order valence-corrected chi connectivity index (χ0v) is 16.1. The number of hydrogen-bond acceptors (Lipinski definition) is 7. The molecular formula is C20H16FN5O2S. The molecule has 0 saturated carbocycles. The largest absolute Gasteiger partial charge is 0.396 e. The van der Waals surface area contributed by atoms with E-state index in [-0.39, 0.29) is 10.6 Å². The van der Waals surface area contributed by atoms with Crippen molar-refractivity contribution in [2.24, 2.45) is 0 Å². The second kappa shape index (κ2) is 7.10. The number of nitrogens with two attached hydrogens (primary N) is 1. The standard InChI is InChI=1S/C20H16FN5O2S/c1-29(27,28)19-4-5-23-11-18(19)26-13-9-14(12-2-3-16(22)15(21)8-12)20-17(10-13)24-6-7-25-20/h2-11,26H,22H2,1H3. The average Bonchev–Trinajstić information content (AvgIpc) is 2.69. The normalized spacial score (nSPS) is 11.5. The number of benzene rings is 2. The zero-order valence-electron chi connectivity index (χ0n) is 15.3. The number of hydrogen-bond donors (Lipinski definition) is 2. The molecule has 2 heterocycles. The van der Waals surface area contributed by atoms with E-state index in [2.05, 4.69) is 20.3 Å². The van der Waals surface area contributed by atoms with Gasteiger partial charge in [0.2, 0.25) is 0 Å². The summed E-state index contributed by atoms with van der Waals surface area (Å²) in [6.07, 6.45) is 7.07. The third-order valence-electron chi connectivity index (χ3n) is 4.34. The molecule has 0 amide bonds. The summed E-state index contributed by atoms with van der Waals surface area (Å²) < 4.78 is 38.2. The van der Waals surface area contributed by atoms with Crippen molar-refractivity contribution in [3.8, 4) is 11.1 Å². The molecule has 0 saturated heterocycles. The van der Waals surface area contributed by atoms with Crippen LogP contribution in [-0.4, -0.2) is 29.6 Å². The molecule has 4 rings (SSSR count). The summed E-state index contributed by atoms with van der Waals surface area (Å²) in [6.45, 7) is 0. The number of pyridine rings is 1. The quantitative estimate of drug-likeness (QED) is 0.496. The number of nitrogen functional groups attached to an aromatic ring is 1. The van der Waals surface area contributed by atoms with Gasteiger partial charge in [0.05, 0.1) is 33.5 Å². The summed E-state index contributed by atoms with van der Waals surface area (Å²) in [6, 6.07) is 9.41. The number of rotatable bonds is 4. The van der Waals surface area contributed by atoms with E-state index in [1.54, 1.807) is 30.6 Å². The van der Waals surface area contributed by atoms with E-state index in [9.17, 15) is 12.8 Å². The van der Waals surface area contributed by atoms with Gasteiger partial charge < -0.3 is 11.1 Å². The van der Waals surface area contributed by atoms with Gasteiger partial charge in [0.1, 0.15) is 5.82 Å². The van der Waals surface area contributed by atoms with E-state index in [1.807, 2.05) is 0 Å². The van der Waals surface area contributed by atoms with Crippen LogP contribution in [0.15, 0.2) is 66.1 Å². The first-order valence-electron chi connectivity index (χ1n) is 8.54. The fourth-order valence-electron chi connectivity index (χ4n) is 3.02. The highest BCUT2D eigenvalue weighted by Crippen LogP contribution is 2.33. The van der Waals surface area contributed by atoms with Crippen LogP contribution in [0.4, 0.5) is 21.5 Å². The third-order valence-corrected chi connectivity index (χ3v) is 5.50. The van der Waals surface area contributed by atoms with Crippen molar-refractivity contribution in [2.45, 2.75) is 4.90 Å². The second-order valence-corrected chi connectivity index (χ2v) is 8.44. The van der Waals surface area contributed by atoms with Crippen LogP contribution in [0.25, 0.3) is 22.2 Å². The lowest BCUT2D eigenvalue weighted by Crippen LogP contribution is -2.03. The second-order valence-electron chi connectivity index (χ2n) is 6.45. The van der Waals surface area contributed by atoms with Crippen LogP contribution in [0.2, 0.25) is 0 Å². The number of nitrogens with one attached hydrogen (secondary N) is 1. The molecule has 0 aliphatic carbocycles. The summed E-state index contributed by atoms with van der Waals surface area (Å²) in [5.41, 5.74) is 8.86. The van der Waals surface area contributed by atoms with Gasteiger partial charge in [-0.3, -0.25) is 15.0 Å². The molecule has 0 fully saturated rings. The van der Waals surface area contributed by atoms with Crippen LogP contribution in [0.5, 0.6) is 0 Å². The third kappa shape index (κ3) is 3.72. The fourth-order valence-corrected chi connectivity index (χ4v) is 3.83. The predicted molar refractivity (Wildman–Crippen MR) is 110 cm³/mol. The molecule has 3 N–H and O–H groups in total. The zero-order chi connectivity index (χ0) is 20.6. The first-order chi connectivity index (χ1) is 13.8. The summed E-state index contributed by atoms with van der Waals surface area (Å²) >= 11 is 0. The lowest BCUT2D eigenvalue weighted by molar-refractivity contribution is 0.602. The Kier molecular flexibility index (Phi) is 4.59. The first-order valence-corrected chi connectivity index (χ1v) is 10.4. The molecule has 2 aromatic heterocycles. The Bertz CT molecular complexity index is 1340. The molecule has 7 nitrogen and oxygen atoms in total. The predicted octanol–water partition coefficient (Wildman–Crippen LogP) is 3.56. The molecule has 4 aromatic rings. The smallest absolute Gasteiger partial charge is 0.177 e.